The maximum absolute atomic E-state index is 8.86. The molecule has 0 bridgehead atoms. The lowest BCUT2D eigenvalue weighted by atomic mass is 9.80. The predicted octanol–water partition coefficient (Wildman–Crippen LogP) is 3.28. The Labute approximate surface area is 127 Å². The van der Waals surface area contributed by atoms with E-state index in [1.807, 2.05) is 18.2 Å². The number of nitrogens with one attached hydrogen (secondary N) is 1. The van der Waals surface area contributed by atoms with E-state index in [2.05, 4.69) is 36.5 Å². The van der Waals surface area contributed by atoms with Gasteiger partial charge in [-0.05, 0) is 36.7 Å². The highest BCUT2D eigenvalue weighted by atomic mass is 16.4. The number of nitrogens with zero attached hydrogens (tertiary/aromatic N) is 1. The van der Waals surface area contributed by atoms with Crippen LogP contribution in [0.1, 0.15) is 51.1 Å². The molecule has 1 aliphatic carbocycles. The zero-order chi connectivity index (χ0) is 15.2. The first kappa shape index (κ1) is 15.8. The summed E-state index contributed by atoms with van der Waals surface area (Å²) in [4.78, 5) is 0. The maximum atomic E-state index is 8.86. The minimum atomic E-state index is 0.101. The second-order valence-corrected chi connectivity index (χ2v) is 6.54. The first-order valence-corrected chi connectivity index (χ1v) is 7.85. The highest BCUT2D eigenvalue weighted by Gasteiger charge is 2.26. The highest BCUT2D eigenvalue weighted by molar-refractivity contribution is 5.80. The summed E-state index contributed by atoms with van der Waals surface area (Å²) in [6.07, 6.45) is 4.24. The van der Waals surface area contributed by atoms with Crippen molar-refractivity contribution in [2.45, 2.75) is 51.6 Å². The summed E-state index contributed by atoms with van der Waals surface area (Å²) in [5.74, 6) is 1.78. The van der Waals surface area contributed by atoms with Gasteiger partial charge in [-0.3, -0.25) is 0 Å². The van der Waals surface area contributed by atoms with Crippen LogP contribution in [0.15, 0.2) is 35.5 Å². The molecule has 0 heterocycles. The molecule has 116 valence electrons. The van der Waals surface area contributed by atoms with Crippen LogP contribution in [0.5, 0.6) is 0 Å². The lowest BCUT2D eigenvalue weighted by molar-refractivity contribution is 0.226. The van der Waals surface area contributed by atoms with Crippen LogP contribution in [-0.2, 0) is 0 Å². The number of hydrogen-bond acceptors (Lipinski definition) is 3. The quantitative estimate of drug-likeness (QED) is 0.337. The topological polar surface area (TPSA) is 70.6 Å². The molecule has 2 rings (SSSR count). The zero-order valence-electron chi connectivity index (χ0n) is 13.0. The molecular weight excluding hydrogens is 262 g/mol. The minimum absolute atomic E-state index is 0.101. The summed E-state index contributed by atoms with van der Waals surface area (Å²) >= 11 is 0. The minimum Gasteiger partial charge on any atom is -0.409 e. The summed E-state index contributed by atoms with van der Waals surface area (Å²) in [5, 5.41) is 15.7. The van der Waals surface area contributed by atoms with Crippen molar-refractivity contribution in [3.8, 4) is 0 Å². The summed E-state index contributed by atoms with van der Waals surface area (Å²) < 4.78 is 0. The Kier molecular flexibility index (Phi) is 5.62. The second-order valence-electron chi connectivity index (χ2n) is 6.54. The van der Waals surface area contributed by atoms with Gasteiger partial charge in [-0.1, -0.05) is 49.3 Å². The average molecular weight is 289 g/mol. The van der Waals surface area contributed by atoms with Gasteiger partial charge < -0.3 is 16.3 Å². The molecule has 1 aromatic rings. The molecule has 21 heavy (non-hydrogen) atoms. The number of amidine groups is 1. The Balaban J connectivity index is 2.08. The normalized spacial score (nSPS) is 28.3. The van der Waals surface area contributed by atoms with Gasteiger partial charge in [0.15, 0.2) is 0 Å². The van der Waals surface area contributed by atoms with Gasteiger partial charge in [0.25, 0.3) is 0 Å². The van der Waals surface area contributed by atoms with Gasteiger partial charge in [-0.25, -0.2) is 0 Å². The van der Waals surface area contributed by atoms with Crippen LogP contribution in [0.4, 0.5) is 0 Å². The van der Waals surface area contributed by atoms with Gasteiger partial charge in [0.05, 0.1) is 0 Å². The number of benzene rings is 1. The summed E-state index contributed by atoms with van der Waals surface area (Å²) in [6, 6.07) is 10.9. The summed E-state index contributed by atoms with van der Waals surface area (Å²) in [7, 11) is 0. The van der Waals surface area contributed by atoms with E-state index in [1.54, 1.807) is 0 Å². The molecule has 3 unspecified atom stereocenters. The van der Waals surface area contributed by atoms with Crippen LogP contribution in [0, 0.1) is 11.8 Å². The molecule has 1 aliphatic rings. The smallest absolute Gasteiger partial charge is 0.141 e. The number of nitrogens with two attached hydrogens (primary N) is 1. The third kappa shape index (κ3) is 4.74. The molecule has 1 aromatic carbocycles. The van der Waals surface area contributed by atoms with Crippen LogP contribution >= 0.6 is 0 Å². The van der Waals surface area contributed by atoms with Crippen LogP contribution < -0.4 is 11.1 Å². The van der Waals surface area contributed by atoms with Crippen LogP contribution in [0.25, 0.3) is 0 Å². The van der Waals surface area contributed by atoms with Crippen molar-refractivity contribution in [1.82, 2.24) is 5.32 Å². The number of hydrogen-bond donors (Lipinski definition) is 3. The number of rotatable bonds is 5. The molecule has 3 atom stereocenters. The largest absolute Gasteiger partial charge is 0.409 e. The molecule has 0 aromatic heterocycles. The van der Waals surface area contributed by atoms with E-state index in [-0.39, 0.29) is 11.9 Å². The average Bonchev–Trinajstić information content (AvgIpc) is 2.46. The maximum Gasteiger partial charge on any atom is 0.141 e. The standard InChI is InChI=1S/C17H27N3O/c1-12-8-13(2)10-15(9-12)19-16(11-17(18)20-21)14-6-4-3-5-7-14/h3-7,12-13,15-16,19,21H,8-11H2,1-2H3,(H2,18,20). The molecule has 4 N–H and O–H groups in total. The Bertz CT molecular complexity index is 450. The van der Waals surface area contributed by atoms with Gasteiger partial charge in [0.2, 0.25) is 0 Å². The van der Waals surface area contributed by atoms with E-state index in [1.165, 1.54) is 24.8 Å². The van der Waals surface area contributed by atoms with Crippen molar-refractivity contribution >= 4 is 5.84 Å². The number of oxime groups is 1. The van der Waals surface area contributed by atoms with E-state index in [9.17, 15) is 0 Å². The molecular formula is C17H27N3O. The zero-order valence-corrected chi connectivity index (χ0v) is 13.0. The molecule has 4 heteroatoms. The van der Waals surface area contributed by atoms with Gasteiger partial charge in [-0.15, -0.1) is 0 Å². The fourth-order valence-electron chi connectivity index (χ4n) is 3.58. The Morgan fingerprint density at radius 3 is 2.43 bits per heavy atom. The van der Waals surface area contributed by atoms with E-state index < -0.39 is 0 Å². The van der Waals surface area contributed by atoms with Crippen LogP contribution in [0.2, 0.25) is 0 Å². The SMILES string of the molecule is CC1CC(C)CC(NC(CC(N)=NO)c2ccccc2)C1. The molecule has 0 radical (unpaired) electrons. The Morgan fingerprint density at radius 2 is 1.86 bits per heavy atom. The van der Waals surface area contributed by atoms with E-state index >= 15 is 0 Å². The lowest BCUT2D eigenvalue weighted by Gasteiger charge is -2.35. The monoisotopic (exact) mass is 289 g/mol. The van der Waals surface area contributed by atoms with Gasteiger partial charge in [0, 0.05) is 18.5 Å². The van der Waals surface area contributed by atoms with Crippen molar-refractivity contribution in [3.63, 3.8) is 0 Å². The molecule has 0 saturated heterocycles. The van der Waals surface area contributed by atoms with E-state index in [0.717, 1.165) is 11.8 Å². The first-order chi connectivity index (χ1) is 10.1. The van der Waals surface area contributed by atoms with Gasteiger partial charge >= 0.3 is 0 Å². The molecule has 0 aliphatic heterocycles. The van der Waals surface area contributed by atoms with E-state index in [4.69, 9.17) is 10.9 Å². The Hall–Kier alpha value is -1.55. The summed E-state index contributed by atoms with van der Waals surface area (Å²) in [5.41, 5.74) is 6.92. The summed E-state index contributed by atoms with van der Waals surface area (Å²) in [6.45, 7) is 4.65. The van der Waals surface area contributed by atoms with Gasteiger partial charge in [0.1, 0.15) is 5.84 Å². The lowest BCUT2D eigenvalue weighted by Crippen LogP contribution is -2.40. The van der Waals surface area contributed by atoms with Crippen molar-refractivity contribution in [2.75, 3.05) is 0 Å². The molecule has 1 saturated carbocycles. The molecule has 1 fully saturated rings. The third-order valence-corrected chi connectivity index (χ3v) is 4.36. The van der Waals surface area contributed by atoms with Crippen molar-refractivity contribution in [3.05, 3.63) is 35.9 Å². The van der Waals surface area contributed by atoms with Crippen molar-refractivity contribution in [1.29, 1.82) is 0 Å². The first-order valence-electron chi connectivity index (χ1n) is 7.85. The van der Waals surface area contributed by atoms with Gasteiger partial charge in [-0.2, -0.15) is 0 Å². The fourth-order valence-corrected chi connectivity index (χ4v) is 3.58. The third-order valence-electron chi connectivity index (χ3n) is 4.36. The molecule has 0 spiro atoms. The van der Waals surface area contributed by atoms with Crippen molar-refractivity contribution < 1.29 is 5.21 Å². The second kappa shape index (κ2) is 7.46. The molecule has 0 amide bonds. The van der Waals surface area contributed by atoms with Crippen LogP contribution in [0.3, 0.4) is 0 Å². The fraction of sp³-hybridized carbons (Fsp3) is 0.588. The van der Waals surface area contributed by atoms with Crippen LogP contribution in [-0.4, -0.2) is 17.1 Å². The Morgan fingerprint density at radius 1 is 1.24 bits per heavy atom. The van der Waals surface area contributed by atoms with Crippen molar-refractivity contribution in [2.24, 2.45) is 22.7 Å². The van der Waals surface area contributed by atoms with E-state index in [0.29, 0.717) is 12.5 Å². The highest BCUT2D eigenvalue weighted by Crippen LogP contribution is 2.30. The predicted molar refractivity (Wildman–Crippen MR) is 86.3 cm³/mol. The molecule has 4 nitrogen and oxygen atoms in total.